The summed E-state index contributed by atoms with van der Waals surface area (Å²) in [7, 11) is 3.10. The Kier molecular flexibility index (Phi) is 6.30. The zero-order chi connectivity index (χ0) is 21.8. The second-order valence-electron chi connectivity index (χ2n) is 6.75. The monoisotopic (exact) mass is 410 g/mol. The lowest BCUT2D eigenvalue weighted by Crippen LogP contribution is -2.32. The molecule has 0 radical (unpaired) electrons. The predicted molar refractivity (Wildman–Crippen MR) is 116 cm³/mol. The molecule has 3 rings (SSSR count). The summed E-state index contributed by atoms with van der Waals surface area (Å²) in [6.07, 6.45) is -0.0383. The number of carboxylic acids is 1. The number of carbonyl (C=O) groups excluding carboxylic acids is 1. The first-order valence-corrected chi connectivity index (χ1v) is 9.82. The van der Waals surface area contributed by atoms with E-state index in [1.54, 1.807) is 41.9 Å². The van der Waals surface area contributed by atoms with Crippen molar-refractivity contribution in [2.45, 2.75) is 26.8 Å². The third kappa shape index (κ3) is 3.70. The molecule has 158 valence electrons. The van der Waals surface area contributed by atoms with Crippen molar-refractivity contribution >= 4 is 28.5 Å². The molecule has 0 spiro atoms. The highest BCUT2D eigenvalue weighted by molar-refractivity contribution is 6.04. The van der Waals surface area contributed by atoms with E-state index in [0.717, 1.165) is 10.9 Å². The summed E-state index contributed by atoms with van der Waals surface area (Å²) in [5, 5.41) is 10.6. The van der Waals surface area contributed by atoms with Gasteiger partial charge in [0.25, 0.3) is 0 Å². The van der Waals surface area contributed by atoms with E-state index in [1.807, 2.05) is 38.1 Å². The fraction of sp³-hybridized carbons (Fsp3) is 0.304. The summed E-state index contributed by atoms with van der Waals surface area (Å²) in [6, 6.07) is 12.7. The molecule has 1 aromatic heterocycles. The molecule has 30 heavy (non-hydrogen) atoms. The highest BCUT2D eigenvalue weighted by Gasteiger charge is 2.26. The normalized spacial score (nSPS) is 10.8. The molecule has 7 heteroatoms. The summed E-state index contributed by atoms with van der Waals surface area (Å²) < 4.78 is 12.5. The molecule has 0 aliphatic rings. The number of hydrogen-bond donors (Lipinski definition) is 1. The molecular formula is C23H26N2O5. The van der Waals surface area contributed by atoms with Gasteiger partial charge in [0.1, 0.15) is 17.2 Å². The Morgan fingerprint density at radius 3 is 2.40 bits per heavy atom. The van der Waals surface area contributed by atoms with Crippen LogP contribution in [0.5, 0.6) is 11.5 Å². The molecule has 2 aromatic carbocycles. The van der Waals surface area contributed by atoms with E-state index < -0.39 is 5.97 Å². The third-order valence-electron chi connectivity index (χ3n) is 5.22. The quantitative estimate of drug-likeness (QED) is 0.608. The Morgan fingerprint density at radius 1 is 1.07 bits per heavy atom. The van der Waals surface area contributed by atoms with Gasteiger partial charge < -0.3 is 24.0 Å². The second-order valence-corrected chi connectivity index (χ2v) is 6.75. The third-order valence-corrected chi connectivity index (χ3v) is 5.22. The number of rotatable bonds is 8. The summed E-state index contributed by atoms with van der Waals surface area (Å²) in [5.41, 5.74) is 2.06. The molecule has 0 saturated heterocycles. The Hall–Kier alpha value is -3.48. The lowest BCUT2D eigenvalue weighted by Gasteiger charge is -2.24. The molecule has 7 nitrogen and oxygen atoms in total. The number of methoxy groups -OCH3 is 2. The second kappa shape index (κ2) is 8.90. The number of amides is 1. The number of para-hydroxylation sites is 1. The van der Waals surface area contributed by atoms with Gasteiger partial charge in [0, 0.05) is 35.6 Å². The van der Waals surface area contributed by atoms with Crippen molar-refractivity contribution in [3.8, 4) is 11.5 Å². The van der Waals surface area contributed by atoms with Crippen LogP contribution >= 0.6 is 0 Å². The van der Waals surface area contributed by atoms with Crippen LogP contribution in [0, 0.1) is 0 Å². The summed E-state index contributed by atoms with van der Waals surface area (Å²) in [4.78, 5) is 27.0. The molecule has 1 N–H and O–H groups in total. The molecule has 0 aliphatic heterocycles. The van der Waals surface area contributed by atoms with Gasteiger partial charge >= 0.3 is 5.97 Å². The standard InChI is InChI=1S/C23H26N2O5/c1-5-24(19-13-15(29-3)11-12-20(19)30-4)21(26)14-17-16-9-7-8-10-18(16)25(6-2)22(17)23(27)28/h7-13H,5-6,14H2,1-4H3,(H,27,28). The number of benzene rings is 2. The van der Waals surface area contributed by atoms with Crippen LogP contribution in [0.2, 0.25) is 0 Å². The van der Waals surface area contributed by atoms with E-state index >= 15 is 0 Å². The first-order valence-electron chi connectivity index (χ1n) is 9.82. The van der Waals surface area contributed by atoms with E-state index in [9.17, 15) is 14.7 Å². The number of aromatic carboxylic acids is 1. The summed E-state index contributed by atoms with van der Waals surface area (Å²) in [5.74, 6) is -0.116. The topological polar surface area (TPSA) is 81.0 Å². The fourth-order valence-corrected chi connectivity index (χ4v) is 3.86. The lowest BCUT2D eigenvalue weighted by molar-refractivity contribution is -0.117. The Balaban J connectivity index is 2.08. The number of carbonyl (C=O) groups is 2. The van der Waals surface area contributed by atoms with Crippen LogP contribution in [0.25, 0.3) is 10.9 Å². The van der Waals surface area contributed by atoms with E-state index in [2.05, 4.69) is 0 Å². The lowest BCUT2D eigenvalue weighted by atomic mass is 10.1. The van der Waals surface area contributed by atoms with Crippen molar-refractivity contribution in [1.82, 2.24) is 4.57 Å². The van der Waals surface area contributed by atoms with Gasteiger partial charge in [0.2, 0.25) is 5.91 Å². The van der Waals surface area contributed by atoms with Gasteiger partial charge in [-0.05, 0) is 32.0 Å². The zero-order valence-electron chi connectivity index (χ0n) is 17.6. The summed E-state index contributed by atoms with van der Waals surface area (Å²) >= 11 is 0. The number of hydrogen-bond acceptors (Lipinski definition) is 4. The van der Waals surface area contributed by atoms with E-state index in [1.165, 1.54) is 0 Å². The Bertz CT molecular complexity index is 1090. The van der Waals surface area contributed by atoms with Crippen LogP contribution in [0.4, 0.5) is 5.69 Å². The van der Waals surface area contributed by atoms with Gasteiger partial charge in [-0.1, -0.05) is 18.2 Å². The van der Waals surface area contributed by atoms with E-state index in [0.29, 0.717) is 35.8 Å². The van der Waals surface area contributed by atoms with Crippen molar-refractivity contribution in [2.75, 3.05) is 25.7 Å². The first-order chi connectivity index (χ1) is 14.5. The van der Waals surface area contributed by atoms with Gasteiger partial charge in [0.05, 0.1) is 26.3 Å². The van der Waals surface area contributed by atoms with E-state index in [-0.39, 0.29) is 18.0 Å². The fourth-order valence-electron chi connectivity index (χ4n) is 3.86. The zero-order valence-corrected chi connectivity index (χ0v) is 17.6. The van der Waals surface area contributed by atoms with Gasteiger partial charge in [-0.15, -0.1) is 0 Å². The minimum absolute atomic E-state index is 0.0383. The number of fused-ring (bicyclic) bond motifs is 1. The number of anilines is 1. The molecule has 0 aliphatic carbocycles. The predicted octanol–water partition coefficient (Wildman–Crippen LogP) is 3.97. The average Bonchev–Trinajstić information content (AvgIpc) is 3.07. The number of ether oxygens (including phenoxy) is 2. The highest BCUT2D eigenvalue weighted by Crippen LogP contribution is 2.34. The maximum Gasteiger partial charge on any atom is 0.352 e. The minimum atomic E-state index is -1.04. The van der Waals surface area contributed by atoms with Crippen LogP contribution in [0.15, 0.2) is 42.5 Å². The number of likely N-dealkylation sites (N-methyl/N-ethyl adjacent to an activating group) is 1. The minimum Gasteiger partial charge on any atom is -0.497 e. The SMILES string of the molecule is CCN(C(=O)Cc1c(C(=O)O)n(CC)c2ccccc12)c1cc(OC)ccc1OC. The van der Waals surface area contributed by atoms with Crippen LogP contribution in [-0.4, -0.2) is 42.3 Å². The van der Waals surface area contributed by atoms with Crippen LogP contribution in [0.3, 0.4) is 0 Å². The van der Waals surface area contributed by atoms with Gasteiger partial charge in [-0.2, -0.15) is 0 Å². The highest BCUT2D eigenvalue weighted by atomic mass is 16.5. The molecule has 1 amide bonds. The van der Waals surface area contributed by atoms with Crippen LogP contribution < -0.4 is 14.4 Å². The molecular weight excluding hydrogens is 384 g/mol. The Labute approximate surface area is 175 Å². The number of aromatic nitrogens is 1. The average molecular weight is 410 g/mol. The summed E-state index contributed by atoms with van der Waals surface area (Å²) in [6.45, 7) is 4.66. The largest absolute Gasteiger partial charge is 0.497 e. The maximum atomic E-state index is 13.4. The van der Waals surface area contributed by atoms with Crippen molar-refractivity contribution in [3.63, 3.8) is 0 Å². The maximum absolute atomic E-state index is 13.4. The van der Waals surface area contributed by atoms with Gasteiger partial charge in [-0.3, -0.25) is 4.79 Å². The number of aryl methyl sites for hydroxylation is 1. The van der Waals surface area contributed by atoms with Crippen molar-refractivity contribution in [3.05, 3.63) is 53.7 Å². The smallest absolute Gasteiger partial charge is 0.352 e. The van der Waals surface area contributed by atoms with Crippen LogP contribution in [0.1, 0.15) is 29.9 Å². The molecule has 0 fully saturated rings. The number of nitrogens with zero attached hydrogens (tertiary/aromatic N) is 2. The van der Waals surface area contributed by atoms with Gasteiger partial charge in [-0.25, -0.2) is 4.79 Å². The van der Waals surface area contributed by atoms with E-state index in [4.69, 9.17) is 9.47 Å². The van der Waals surface area contributed by atoms with Crippen LogP contribution in [-0.2, 0) is 17.8 Å². The van der Waals surface area contributed by atoms with Gasteiger partial charge in [0.15, 0.2) is 0 Å². The molecule has 0 atom stereocenters. The van der Waals surface area contributed by atoms with Crippen molar-refractivity contribution < 1.29 is 24.2 Å². The number of carboxylic acid groups (broad SMARTS) is 1. The molecule has 1 heterocycles. The van der Waals surface area contributed by atoms with Crippen molar-refractivity contribution in [2.24, 2.45) is 0 Å². The molecule has 0 saturated carbocycles. The molecule has 0 bridgehead atoms. The van der Waals surface area contributed by atoms with Crippen molar-refractivity contribution in [1.29, 1.82) is 0 Å². The first kappa shape index (κ1) is 21.2. The molecule has 3 aromatic rings. The Morgan fingerprint density at radius 2 is 1.80 bits per heavy atom. The molecule has 0 unspecified atom stereocenters.